The Kier molecular flexibility index (Phi) is 13.3. The van der Waals surface area contributed by atoms with Crippen molar-refractivity contribution in [2.75, 3.05) is 11.9 Å². The van der Waals surface area contributed by atoms with Crippen LogP contribution in [0, 0.1) is 0 Å². The van der Waals surface area contributed by atoms with Crippen LogP contribution in [0.1, 0.15) is 76.7 Å². The third kappa shape index (κ3) is 12.1. The van der Waals surface area contributed by atoms with E-state index in [9.17, 15) is 9.59 Å². The van der Waals surface area contributed by atoms with Gasteiger partial charge in [0, 0.05) is 31.0 Å². The van der Waals surface area contributed by atoms with Gasteiger partial charge in [-0.05, 0) is 24.1 Å². The van der Waals surface area contributed by atoms with Crippen LogP contribution in [0.4, 0.5) is 10.5 Å². The van der Waals surface area contributed by atoms with Gasteiger partial charge in [-0.3, -0.25) is 9.78 Å². The van der Waals surface area contributed by atoms with E-state index in [2.05, 4.69) is 27.9 Å². The molecule has 0 radical (unpaired) electrons. The molecule has 3 N–H and O–H groups in total. The minimum atomic E-state index is -0.673. The lowest BCUT2D eigenvalue weighted by Gasteiger charge is -2.19. The number of unbranched alkanes of at least 4 members (excludes halogenated alkanes) is 9. The van der Waals surface area contributed by atoms with Crippen LogP contribution in [-0.4, -0.2) is 29.5 Å². The average Bonchev–Trinajstić information content (AvgIpc) is 2.83. The molecule has 0 aliphatic rings. The van der Waals surface area contributed by atoms with Crippen LogP contribution in [0.3, 0.4) is 0 Å². The molecule has 0 bridgehead atoms. The molecule has 0 saturated heterocycles. The first-order valence-electron chi connectivity index (χ1n) is 12.5. The third-order valence-corrected chi connectivity index (χ3v) is 5.67. The minimum absolute atomic E-state index is 0.251. The summed E-state index contributed by atoms with van der Waals surface area (Å²) in [6, 6.07) is 12.2. The zero-order chi connectivity index (χ0) is 23.6. The molecule has 1 aromatic carbocycles. The van der Waals surface area contributed by atoms with E-state index >= 15 is 0 Å². The molecule has 1 heterocycles. The quantitative estimate of drug-likeness (QED) is 0.279. The smallest absolute Gasteiger partial charge is 0.315 e. The fourth-order valence-electron chi connectivity index (χ4n) is 3.75. The first-order valence-corrected chi connectivity index (χ1v) is 12.5. The van der Waals surface area contributed by atoms with Crippen molar-refractivity contribution in [3.8, 4) is 0 Å². The summed E-state index contributed by atoms with van der Waals surface area (Å²) in [6.07, 6.45) is 16.2. The summed E-state index contributed by atoms with van der Waals surface area (Å²) in [4.78, 5) is 29.2. The zero-order valence-electron chi connectivity index (χ0n) is 20.0. The summed E-state index contributed by atoms with van der Waals surface area (Å²) in [5, 5.41) is 8.60. The van der Waals surface area contributed by atoms with Crippen LogP contribution in [0.5, 0.6) is 0 Å². The van der Waals surface area contributed by atoms with E-state index in [4.69, 9.17) is 0 Å². The van der Waals surface area contributed by atoms with E-state index in [1.54, 1.807) is 24.5 Å². The minimum Gasteiger partial charge on any atom is -0.338 e. The number of nitrogens with one attached hydrogen (secondary N) is 3. The van der Waals surface area contributed by atoms with Gasteiger partial charge in [0.2, 0.25) is 5.91 Å². The Hall–Kier alpha value is -2.89. The summed E-state index contributed by atoms with van der Waals surface area (Å²) in [5.41, 5.74) is 1.64. The highest BCUT2D eigenvalue weighted by atomic mass is 16.2. The molecule has 0 spiro atoms. The maximum Gasteiger partial charge on any atom is 0.315 e. The van der Waals surface area contributed by atoms with Crippen molar-refractivity contribution in [3.63, 3.8) is 0 Å². The van der Waals surface area contributed by atoms with Crippen LogP contribution in [0.25, 0.3) is 0 Å². The molecule has 2 rings (SSSR count). The SMILES string of the molecule is CCCCCCCCCCCCNC(=O)N[C@@H](Cc1ccccc1)C(=O)Nc1ccncc1. The fourth-order valence-corrected chi connectivity index (χ4v) is 3.75. The molecule has 0 saturated carbocycles. The molecule has 3 amide bonds. The molecule has 180 valence electrons. The van der Waals surface area contributed by atoms with Crippen molar-refractivity contribution in [1.29, 1.82) is 0 Å². The van der Waals surface area contributed by atoms with Gasteiger partial charge in [0.1, 0.15) is 6.04 Å². The Morgan fingerprint density at radius 3 is 2.06 bits per heavy atom. The van der Waals surface area contributed by atoms with Gasteiger partial charge < -0.3 is 16.0 Å². The lowest BCUT2D eigenvalue weighted by molar-refractivity contribution is -0.117. The Bertz CT molecular complexity index is 783. The summed E-state index contributed by atoms with van der Waals surface area (Å²) in [6.45, 7) is 2.86. The molecule has 1 atom stereocenters. The van der Waals surface area contributed by atoms with E-state index in [1.807, 2.05) is 30.3 Å². The molecule has 6 nitrogen and oxygen atoms in total. The largest absolute Gasteiger partial charge is 0.338 e. The Balaban J connectivity index is 1.69. The number of anilines is 1. The van der Waals surface area contributed by atoms with Gasteiger partial charge in [0.15, 0.2) is 0 Å². The number of carbonyl (C=O) groups is 2. The molecule has 0 fully saturated rings. The number of nitrogens with zero attached hydrogens (tertiary/aromatic N) is 1. The zero-order valence-corrected chi connectivity index (χ0v) is 20.0. The molecular weight excluding hydrogens is 412 g/mol. The number of urea groups is 1. The number of benzene rings is 1. The lowest BCUT2D eigenvalue weighted by atomic mass is 10.1. The molecule has 1 aromatic heterocycles. The summed E-state index contributed by atoms with van der Waals surface area (Å²) < 4.78 is 0. The van der Waals surface area contributed by atoms with Crippen molar-refractivity contribution in [1.82, 2.24) is 15.6 Å². The van der Waals surface area contributed by atoms with Crippen LogP contribution in [0.15, 0.2) is 54.9 Å². The number of hydrogen-bond donors (Lipinski definition) is 3. The number of pyridine rings is 1. The Labute approximate surface area is 199 Å². The van der Waals surface area contributed by atoms with Crippen LogP contribution >= 0.6 is 0 Å². The van der Waals surface area contributed by atoms with Crippen molar-refractivity contribution in [2.24, 2.45) is 0 Å². The van der Waals surface area contributed by atoms with Crippen molar-refractivity contribution in [3.05, 3.63) is 60.4 Å². The normalized spacial score (nSPS) is 11.5. The third-order valence-electron chi connectivity index (χ3n) is 5.67. The molecule has 0 unspecified atom stereocenters. The van der Waals surface area contributed by atoms with Crippen molar-refractivity contribution in [2.45, 2.75) is 83.6 Å². The standard InChI is InChI=1S/C27H40N4O2/c1-2-3-4-5-6-7-8-9-10-14-19-29-27(33)31-25(22-23-15-12-11-13-16-23)26(32)30-24-17-20-28-21-18-24/h11-13,15-18,20-21,25H,2-10,14,19,22H2,1H3,(H,28,30,32)(H2,29,31,33)/t25-/m0/s1. The van der Waals surface area contributed by atoms with Gasteiger partial charge in [-0.25, -0.2) is 4.79 Å². The first-order chi connectivity index (χ1) is 16.2. The molecule has 0 aliphatic carbocycles. The van der Waals surface area contributed by atoms with Crippen molar-refractivity contribution < 1.29 is 9.59 Å². The summed E-state index contributed by atoms with van der Waals surface area (Å²) in [5.74, 6) is -0.251. The highest BCUT2D eigenvalue weighted by Gasteiger charge is 2.21. The molecular formula is C27H40N4O2. The van der Waals surface area contributed by atoms with Gasteiger partial charge in [0.05, 0.1) is 0 Å². The lowest BCUT2D eigenvalue weighted by Crippen LogP contribution is -2.49. The summed E-state index contributed by atoms with van der Waals surface area (Å²) >= 11 is 0. The number of rotatable bonds is 16. The van der Waals surface area contributed by atoms with E-state index < -0.39 is 6.04 Å². The predicted molar refractivity (Wildman–Crippen MR) is 135 cm³/mol. The van der Waals surface area contributed by atoms with Crippen LogP contribution in [-0.2, 0) is 11.2 Å². The monoisotopic (exact) mass is 452 g/mol. The average molecular weight is 453 g/mol. The van der Waals surface area contributed by atoms with E-state index in [-0.39, 0.29) is 11.9 Å². The van der Waals surface area contributed by atoms with Gasteiger partial charge >= 0.3 is 6.03 Å². The second kappa shape index (κ2) is 16.7. The number of aromatic nitrogens is 1. The first kappa shape index (κ1) is 26.4. The van der Waals surface area contributed by atoms with E-state index in [1.165, 1.54) is 51.4 Å². The van der Waals surface area contributed by atoms with Gasteiger partial charge in [-0.15, -0.1) is 0 Å². The van der Waals surface area contributed by atoms with E-state index in [0.717, 1.165) is 18.4 Å². The van der Waals surface area contributed by atoms with Gasteiger partial charge in [-0.1, -0.05) is 95.0 Å². The second-order valence-corrected chi connectivity index (χ2v) is 8.55. The van der Waals surface area contributed by atoms with Gasteiger partial charge in [-0.2, -0.15) is 0 Å². The topological polar surface area (TPSA) is 83.1 Å². The van der Waals surface area contributed by atoms with Crippen molar-refractivity contribution >= 4 is 17.6 Å². The molecule has 6 heteroatoms. The van der Waals surface area contributed by atoms with Gasteiger partial charge in [0.25, 0.3) is 0 Å². The highest BCUT2D eigenvalue weighted by molar-refractivity contribution is 5.97. The second-order valence-electron chi connectivity index (χ2n) is 8.55. The number of amides is 3. The predicted octanol–water partition coefficient (Wildman–Crippen LogP) is 5.85. The molecule has 2 aromatic rings. The van der Waals surface area contributed by atoms with E-state index in [0.29, 0.717) is 18.7 Å². The van der Waals surface area contributed by atoms with Crippen LogP contribution < -0.4 is 16.0 Å². The number of hydrogen-bond acceptors (Lipinski definition) is 3. The molecule has 0 aliphatic heterocycles. The number of carbonyl (C=O) groups excluding carboxylic acids is 2. The maximum absolute atomic E-state index is 12.8. The summed E-state index contributed by atoms with van der Waals surface area (Å²) in [7, 11) is 0. The maximum atomic E-state index is 12.8. The molecule has 33 heavy (non-hydrogen) atoms. The van der Waals surface area contributed by atoms with Crippen LogP contribution in [0.2, 0.25) is 0 Å². The Morgan fingerprint density at radius 1 is 0.818 bits per heavy atom. The fraction of sp³-hybridized carbons (Fsp3) is 0.519. The highest BCUT2D eigenvalue weighted by Crippen LogP contribution is 2.11. The Morgan fingerprint density at radius 2 is 1.42 bits per heavy atom.